The molecule has 0 N–H and O–H groups in total. The Kier molecular flexibility index (Phi) is 17.6. The van der Waals surface area contributed by atoms with Crippen LogP contribution in [0.25, 0.3) is 0 Å². The van der Waals surface area contributed by atoms with Crippen LogP contribution in [0.3, 0.4) is 0 Å². The van der Waals surface area contributed by atoms with Crippen molar-refractivity contribution in [3.8, 4) is 0 Å². The highest BCUT2D eigenvalue weighted by molar-refractivity contribution is 8.76. The van der Waals surface area contributed by atoms with E-state index in [1.165, 1.54) is 62.9 Å². The standard InChI is InChI=1S/C15H29Cl3OS2/c1-2-3-4-5-7-10-13-20-21-14-11-8-6-9-12-19-15(16,17)18/h2-14H2,1H3. The summed E-state index contributed by atoms with van der Waals surface area (Å²) in [4.78, 5) is 0. The highest BCUT2D eigenvalue weighted by Crippen LogP contribution is 2.28. The Morgan fingerprint density at radius 1 is 0.714 bits per heavy atom. The molecule has 0 saturated carbocycles. The van der Waals surface area contributed by atoms with Gasteiger partial charge in [0, 0.05) is 11.5 Å². The Hall–Kier alpha value is 1.53. The molecule has 0 bridgehead atoms. The van der Waals surface area contributed by atoms with Gasteiger partial charge in [0.15, 0.2) is 0 Å². The van der Waals surface area contributed by atoms with E-state index >= 15 is 0 Å². The molecular weight excluding hydrogens is 367 g/mol. The molecule has 0 atom stereocenters. The highest BCUT2D eigenvalue weighted by Gasteiger charge is 2.19. The first-order valence-electron chi connectivity index (χ1n) is 8.01. The van der Waals surface area contributed by atoms with E-state index in [4.69, 9.17) is 39.5 Å². The summed E-state index contributed by atoms with van der Waals surface area (Å²) in [6.45, 7) is 2.79. The van der Waals surface area contributed by atoms with Crippen molar-refractivity contribution >= 4 is 56.4 Å². The Bertz CT molecular complexity index is 214. The van der Waals surface area contributed by atoms with Crippen molar-refractivity contribution in [1.82, 2.24) is 0 Å². The number of alkyl halides is 3. The van der Waals surface area contributed by atoms with Gasteiger partial charge in [0.05, 0.1) is 6.61 Å². The van der Waals surface area contributed by atoms with Crippen LogP contribution in [-0.4, -0.2) is 22.1 Å². The van der Waals surface area contributed by atoms with Gasteiger partial charge in [-0.05, 0) is 19.3 Å². The van der Waals surface area contributed by atoms with Crippen molar-refractivity contribution in [2.24, 2.45) is 0 Å². The quantitative estimate of drug-likeness (QED) is 0.160. The minimum absolute atomic E-state index is 0.524. The Labute approximate surface area is 154 Å². The predicted molar refractivity (Wildman–Crippen MR) is 103 cm³/mol. The SMILES string of the molecule is CCCCCCCCSSCCCCCCOC(Cl)(Cl)Cl. The highest BCUT2D eigenvalue weighted by atomic mass is 35.6. The maximum atomic E-state index is 5.49. The molecular formula is C15H29Cl3OS2. The summed E-state index contributed by atoms with van der Waals surface area (Å²) < 4.78 is 3.47. The molecule has 0 aliphatic heterocycles. The van der Waals surface area contributed by atoms with Crippen LogP contribution >= 0.6 is 56.4 Å². The molecule has 0 aliphatic carbocycles. The summed E-state index contributed by atoms with van der Waals surface area (Å²) in [5.74, 6) is 2.54. The topological polar surface area (TPSA) is 9.23 Å². The van der Waals surface area contributed by atoms with Crippen LogP contribution in [0.4, 0.5) is 0 Å². The van der Waals surface area contributed by atoms with Gasteiger partial charge in [-0.2, -0.15) is 0 Å². The van der Waals surface area contributed by atoms with Gasteiger partial charge in [-0.3, -0.25) is 0 Å². The van der Waals surface area contributed by atoms with Gasteiger partial charge in [0.1, 0.15) is 0 Å². The molecule has 0 aromatic carbocycles. The Morgan fingerprint density at radius 3 is 1.71 bits per heavy atom. The van der Waals surface area contributed by atoms with Gasteiger partial charge in [0.25, 0.3) is 3.98 Å². The van der Waals surface area contributed by atoms with Gasteiger partial charge < -0.3 is 4.74 Å². The Balaban J connectivity index is 3.00. The van der Waals surface area contributed by atoms with Crippen LogP contribution in [0.2, 0.25) is 0 Å². The number of halogens is 3. The first kappa shape index (κ1) is 22.5. The zero-order valence-electron chi connectivity index (χ0n) is 13.1. The summed E-state index contributed by atoms with van der Waals surface area (Å²) in [5, 5.41) is 0. The molecule has 0 heterocycles. The maximum Gasteiger partial charge on any atom is 0.297 e. The van der Waals surface area contributed by atoms with Crippen molar-refractivity contribution in [1.29, 1.82) is 0 Å². The third-order valence-electron chi connectivity index (χ3n) is 3.05. The number of unbranched alkanes of at least 4 members (excludes halogenated alkanes) is 8. The van der Waals surface area contributed by atoms with Crippen LogP contribution in [0.15, 0.2) is 0 Å². The van der Waals surface area contributed by atoms with Crippen LogP contribution < -0.4 is 0 Å². The van der Waals surface area contributed by atoms with E-state index < -0.39 is 3.98 Å². The number of hydrogen-bond acceptors (Lipinski definition) is 3. The molecule has 0 aromatic heterocycles. The smallest absolute Gasteiger partial charge is 0.297 e. The third kappa shape index (κ3) is 21.5. The van der Waals surface area contributed by atoms with Crippen LogP contribution in [0, 0.1) is 0 Å². The normalized spacial score (nSPS) is 12.0. The van der Waals surface area contributed by atoms with Crippen molar-refractivity contribution in [2.45, 2.75) is 75.1 Å². The number of hydrogen-bond donors (Lipinski definition) is 0. The van der Waals surface area contributed by atoms with E-state index in [2.05, 4.69) is 6.92 Å². The second-order valence-electron chi connectivity index (χ2n) is 5.12. The maximum absolute atomic E-state index is 5.49. The molecule has 0 spiro atoms. The van der Waals surface area contributed by atoms with Crippen molar-refractivity contribution in [2.75, 3.05) is 18.1 Å². The monoisotopic (exact) mass is 394 g/mol. The van der Waals surface area contributed by atoms with Gasteiger partial charge in [0.2, 0.25) is 0 Å². The molecule has 128 valence electrons. The summed E-state index contributed by atoms with van der Waals surface area (Å²) >= 11 is 16.5. The second-order valence-corrected chi connectivity index (χ2v) is 10.00. The molecule has 21 heavy (non-hydrogen) atoms. The zero-order valence-corrected chi connectivity index (χ0v) is 17.0. The molecule has 0 fully saturated rings. The van der Waals surface area contributed by atoms with Crippen LogP contribution in [-0.2, 0) is 4.74 Å². The summed E-state index contributed by atoms with van der Waals surface area (Å²) in [6.07, 6.45) is 12.9. The summed E-state index contributed by atoms with van der Waals surface area (Å²) in [6, 6.07) is 0. The van der Waals surface area contributed by atoms with Gasteiger partial charge >= 0.3 is 0 Å². The minimum Gasteiger partial charge on any atom is -0.334 e. The number of ether oxygens (including phenoxy) is 1. The van der Waals surface area contributed by atoms with Crippen molar-refractivity contribution in [3.63, 3.8) is 0 Å². The van der Waals surface area contributed by atoms with Crippen molar-refractivity contribution in [3.05, 3.63) is 0 Å². The lowest BCUT2D eigenvalue weighted by Gasteiger charge is -2.11. The largest absolute Gasteiger partial charge is 0.334 e. The fraction of sp³-hybridized carbons (Fsp3) is 1.00. The Morgan fingerprint density at radius 2 is 1.19 bits per heavy atom. The summed E-state index contributed by atoms with van der Waals surface area (Å²) in [7, 11) is 4.04. The first-order valence-corrected chi connectivity index (χ1v) is 11.6. The van der Waals surface area contributed by atoms with E-state index in [9.17, 15) is 0 Å². The molecule has 1 nitrogen and oxygen atoms in total. The molecule has 0 radical (unpaired) electrons. The molecule has 0 rings (SSSR count). The van der Waals surface area contributed by atoms with E-state index in [1.807, 2.05) is 21.6 Å². The molecule has 0 aliphatic rings. The molecule has 0 amide bonds. The number of rotatable bonds is 15. The predicted octanol–water partition coefficient (Wildman–Crippen LogP) is 7.63. The third-order valence-corrected chi connectivity index (χ3v) is 5.96. The first-order chi connectivity index (χ1) is 10.1. The summed E-state index contributed by atoms with van der Waals surface area (Å²) in [5.41, 5.74) is 0. The van der Waals surface area contributed by atoms with Gasteiger partial charge in [-0.1, -0.05) is 108 Å². The molecule has 0 saturated heterocycles. The van der Waals surface area contributed by atoms with Crippen LogP contribution in [0.1, 0.15) is 71.1 Å². The van der Waals surface area contributed by atoms with Crippen LogP contribution in [0.5, 0.6) is 0 Å². The lowest BCUT2D eigenvalue weighted by atomic mass is 10.1. The average molecular weight is 396 g/mol. The van der Waals surface area contributed by atoms with Crippen molar-refractivity contribution < 1.29 is 4.74 Å². The van der Waals surface area contributed by atoms with Gasteiger partial charge in [-0.15, -0.1) is 0 Å². The molecule has 0 aromatic rings. The second kappa shape index (κ2) is 16.4. The molecule has 6 heteroatoms. The van der Waals surface area contributed by atoms with E-state index in [0.717, 1.165) is 12.8 Å². The zero-order chi connectivity index (χ0) is 15.8. The molecule has 0 unspecified atom stereocenters. The van der Waals surface area contributed by atoms with E-state index in [1.54, 1.807) is 0 Å². The fourth-order valence-corrected chi connectivity index (χ4v) is 4.39. The fourth-order valence-electron chi connectivity index (χ4n) is 1.86. The van der Waals surface area contributed by atoms with E-state index in [0.29, 0.717) is 6.61 Å². The van der Waals surface area contributed by atoms with E-state index in [-0.39, 0.29) is 0 Å². The lowest BCUT2D eigenvalue weighted by molar-refractivity contribution is 0.126. The average Bonchev–Trinajstić information content (AvgIpc) is 2.42. The van der Waals surface area contributed by atoms with Gasteiger partial charge in [-0.25, -0.2) is 0 Å². The minimum atomic E-state index is -1.55. The lowest BCUT2D eigenvalue weighted by Crippen LogP contribution is -2.09.